The Balaban J connectivity index is 3.09. The smallest absolute Gasteiger partial charge is 0.252 e. The molecule has 5 atom stereocenters. The second kappa shape index (κ2) is 19.0. The Morgan fingerprint density at radius 1 is 0.870 bits per heavy atom. The molecule has 46 heavy (non-hydrogen) atoms. The Bertz CT molecular complexity index is 1150. The fourth-order valence-electron chi connectivity index (χ4n) is 4.94. The van der Waals surface area contributed by atoms with Crippen LogP contribution in [-0.2, 0) is 19.2 Å². The van der Waals surface area contributed by atoms with Gasteiger partial charge in [-0.3, -0.25) is 24.0 Å². The van der Waals surface area contributed by atoms with Crippen molar-refractivity contribution in [3.8, 4) is 0 Å². The summed E-state index contributed by atoms with van der Waals surface area (Å²) < 4.78 is 0.550. The van der Waals surface area contributed by atoms with Crippen LogP contribution in [0.3, 0.4) is 0 Å². The van der Waals surface area contributed by atoms with Crippen LogP contribution in [0.25, 0.3) is 0 Å². The average molecular weight is 649 g/mol. The van der Waals surface area contributed by atoms with E-state index >= 15 is 0 Å². The van der Waals surface area contributed by atoms with Crippen molar-refractivity contribution >= 4 is 29.5 Å². The van der Waals surface area contributed by atoms with Gasteiger partial charge in [0.2, 0.25) is 23.6 Å². The second-order valence-electron chi connectivity index (χ2n) is 13.8. The average Bonchev–Trinajstić information content (AvgIpc) is 2.94. The van der Waals surface area contributed by atoms with Gasteiger partial charge in [0.1, 0.15) is 18.1 Å². The molecule has 1 aromatic heterocycles. The Labute approximate surface area is 273 Å². The van der Waals surface area contributed by atoms with Crippen LogP contribution in [-0.4, -0.2) is 71.5 Å². The monoisotopic (exact) mass is 648 g/mol. The van der Waals surface area contributed by atoms with Gasteiger partial charge < -0.3 is 36.9 Å². The lowest BCUT2D eigenvalue weighted by Crippen LogP contribution is -2.57. The number of amides is 5. The molecule has 0 radical (unpaired) electrons. The van der Waals surface area contributed by atoms with Gasteiger partial charge in [-0.25, -0.2) is 0 Å². The van der Waals surface area contributed by atoms with Gasteiger partial charge in [0.25, 0.3) is 5.91 Å². The van der Waals surface area contributed by atoms with Gasteiger partial charge in [-0.15, -0.1) is 0 Å². The third-order valence-corrected chi connectivity index (χ3v) is 7.24. The highest BCUT2D eigenvalue weighted by molar-refractivity contribution is 5.98. The van der Waals surface area contributed by atoms with Crippen molar-refractivity contribution < 1.29 is 33.8 Å². The van der Waals surface area contributed by atoms with Crippen LogP contribution in [0.2, 0.25) is 0 Å². The minimum absolute atomic E-state index is 0.0569. The summed E-state index contributed by atoms with van der Waals surface area (Å²) in [6, 6.07) is -0.807. The van der Waals surface area contributed by atoms with Crippen molar-refractivity contribution in [3.63, 3.8) is 0 Å². The maximum absolute atomic E-state index is 13.6. The lowest BCUT2D eigenvalue weighted by Gasteiger charge is -2.30. The number of aliphatic hydroxyl groups excluding tert-OH is 1. The summed E-state index contributed by atoms with van der Waals surface area (Å²) >= 11 is 0. The molecule has 0 fully saturated rings. The van der Waals surface area contributed by atoms with E-state index < -0.39 is 53.9 Å². The summed E-state index contributed by atoms with van der Waals surface area (Å²) in [5.74, 6) is -2.56. The number of hydrogen-bond donors (Lipinski definition) is 6. The third kappa shape index (κ3) is 14.6. The normalized spacial score (nSPS) is 14.9. The Kier molecular flexibility index (Phi) is 16.7. The van der Waals surface area contributed by atoms with E-state index in [1.54, 1.807) is 6.92 Å². The number of carbonyl (C=O) groups is 5. The number of pyridine rings is 1. The largest absolute Gasteiger partial charge is 0.619 e. The van der Waals surface area contributed by atoms with Crippen LogP contribution < -0.4 is 31.3 Å². The molecule has 0 aliphatic heterocycles. The zero-order valence-corrected chi connectivity index (χ0v) is 28.9. The molecule has 1 rings (SSSR count). The molecular formula is C33H56N6O7. The summed E-state index contributed by atoms with van der Waals surface area (Å²) in [5.41, 5.74) is -0.146. The van der Waals surface area contributed by atoms with Gasteiger partial charge >= 0.3 is 0 Å². The molecule has 0 unspecified atom stereocenters. The van der Waals surface area contributed by atoms with Crippen molar-refractivity contribution in [3.05, 3.63) is 35.3 Å². The number of aliphatic hydroxyl groups is 1. The van der Waals surface area contributed by atoms with Crippen LogP contribution >= 0.6 is 0 Å². The van der Waals surface area contributed by atoms with Crippen molar-refractivity contribution in [2.75, 3.05) is 6.54 Å². The molecule has 6 N–H and O–H groups in total. The summed E-state index contributed by atoms with van der Waals surface area (Å²) in [4.78, 5) is 65.3. The minimum atomic E-state index is -1.25. The van der Waals surface area contributed by atoms with E-state index in [2.05, 4.69) is 26.6 Å². The number of likely N-dealkylation sites (N-methyl/N-ethyl adjacent to an activating group) is 1. The van der Waals surface area contributed by atoms with E-state index in [0.29, 0.717) is 30.5 Å². The molecule has 0 spiro atoms. The summed E-state index contributed by atoms with van der Waals surface area (Å²) in [5, 5.41) is 36.2. The Morgan fingerprint density at radius 3 is 1.96 bits per heavy atom. The number of hydrogen-bond acceptors (Lipinski definition) is 7. The topological polar surface area (TPSA) is 193 Å². The number of rotatable bonds is 18. The first-order chi connectivity index (χ1) is 21.4. The molecule has 0 aliphatic rings. The van der Waals surface area contributed by atoms with E-state index in [0.717, 1.165) is 0 Å². The maximum Gasteiger partial charge on any atom is 0.252 e. The molecule has 0 saturated carbocycles. The standard InChI is InChI=1S/C33H56N6O7/c1-10-12-23(35-31(44)25(19-33(7,8)9)37-29(42)22-13-15-39(46)16-14-22)30(43)36-24(17-20(3)4)26(40)18-27(41)38-28(21(5)6)32(45)34-11-2/h13-16,20-21,23-26,28,40H,10-12,17-19H2,1-9H3,(H,34,45)(H,35,44)(H,36,43)(H,37,42)(H,38,41)/t23-,24-,25-,26-,28-/m0/s1. The molecule has 0 aromatic carbocycles. The molecule has 13 heteroatoms. The highest BCUT2D eigenvalue weighted by Crippen LogP contribution is 2.21. The van der Waals surface area contributed by atoms with Crippen molar-refractivity contribution in [1.82, 2.24) is 26.6 Å². The first kappa shape index (κ1) is 40.3. The first-order valence-corrected chi connectivity index (χ1v) is 16.2. The van der Waals surface area contributed by atoms with E-state index in [4.69, 9.17) is 0 Å². The number of aromatic nitrogens is 1. The maximum atomic E-state index is 13.6. The lowest BCUT2D eigenvalue weighted by atomic mass is 9.87. The van der Waals surface area contributed by atoms with Crippen molar-refractivity contribution in [2.45, 2.75) is 125 Å². The molecule has 0 aliphatic carbocycles. The molecule has 0 bridgehead atoms. The zero-order valence-electron chi connectivity index (χ0n) is 28.9. The van der Waals surface area contributed by atoms with Gasteiger partial charge in [0.15, 0.2) is 12.4 Å². The molecule has 5 amide bonds. The lowest BCUT2D eigenvalue weighted by molar-refractivity contribution is -0.605. The van der Waals surface area contributed by atoms with E-state index in [1.807, 2.05) is 55.4 Å². The quantitative estimate of drug-likeness (QED) is 0.103. The summed E-state index contributed by atoms with van der Waals surface area (Å²) in [7, 11) is 0. The molecule has 13 nitrogen and oxygen atoms in total. The zero-order chi connectivity index (χ0) is 35.2. The number of nitrogens with one attached hydrogen (secondary N) is 5. The molecular weight excluding hydrogens is 592 g/mol. The Hall–Kier alpha value is -3.74. The summed E-state index contributed by atoms with van der Waals surface area (Å²) in [6.07, 6.45) is 2.28. The van der Waals surface area contributed by atoms with Crippen LogP contribution in [0.4, 0.5) is 0 Å². The second-order valence-corrected chi connectivity index (χ2v) is 13.8. The fraction of sp³-hybridized carbons (Fsp3) is 0.697. The van der Waals surface area contributed by atoms with Crippen molar-refractivity contribution in [1.29, 1.82) is 0 Å². The SMILES string of the molecule is CCC[C@H](NC(=O)[C@H](CC(C)(C)C)NC(=O)c1cc[n+]([O-])cc1)C(=O)N[C@@H](CC(C)C)[C@@H](O)CC(=O)N[C@H](C(=O)NCC)C(C)C. The van der Waals surface area contributed by atoms with E-state index in [9.17, 15) is 34.3 Å². The van der Waals surface area contributed by atoms with Crippen LogP contribution in [0.15, 0.2) is 24.5 Å². The van der Waals surface area contributed by atoms with E-state index in [1.165, 1.54) is 24.5 Å². The molecule has 260 valence electrons. The van der Waals surface area contributed by atoms with Crippen molar-refractivity contribution in [2.24, 2.45) is 17.3 Å². The third-order valence-electron chi connectivity index (χ3n) is 7.24. The highest BCUT2D eigenvalue weighted by Gasteiger charge is 2.33. The van der Waals surface area contributed by atoms with Gasteiger partial charge in [0.05, 0.1) is 24.1 Å². The van der Waals surface area contributed by atoms with Gasteiger partial charge in [-0.1, -0.05) is 61.8 Å². The van der Waals surface area contributed by atoms with Gasteiger partial charge in [0, 0.05) is 18.7 Å². The van der Waals surface area contributed by atoms with Gasteiger partial charge in [-0.2, -0.15) is 4.73 Å². The fourth-order valence-corrected chi connectivity index (χ4v) is 4.94. The summed E-state index contributed by atoms with van der Waals surface area (Å²) in [6.45, 7) is 17.3. The first-order valence-electron chi connectivity index (χ1n) is 16.2. The Morgan fingerprint density at radius 2 is 1.46 bits per heavy atom. The predicted octanol–water partition coefficient (Wildman–Crippen LogP) is 1.70. The number of carbonyl (C=O) groups excluding carboxylic acids is 5. The van der Waals surface area contributed by atoms with Crippen LogP contribution in [0, 0.1) is 22.5 Å². The molecule has 1 heterocycles. The predicted molar refractivity (Wildman–Crippen MR) is 175 cm³/mol. The minimum Gasteiger partial charge on any atom is -0.619 e. The number of nitrogens with zero attached hydrogens (tertiary/aromatic N) is 1. The van der Waals surface area contributed by atoms with Crippen LogP contribution in [0.1, 0.15) is 105 Å². The van der Waals surface area contributed by atoms with Crippen LogP contribution in [0.5, 0.6) is 0 Å². The highest BCUT2D eigenvalue weighted by atomic mass is 16.5. The molecule has 0 saturated heterocycles. The van der Waals surface area contributed by atoms with Gasteiger partial charge in [-0.05, 0) is 43.4 Å². The molecule has 1 aromatic rings. The van der Waals surface area contributed by atoms with E-state index in [-0.39, 0.29) is 41.6 Å².